The number of ether oxygens (including phenoxy) is 1. The van der Waals surface area contributed by atoms with Crippen molar-refractivity contribution in [2.75, 3.05) is 13.2 Å². The van der Waals surface area contributed by atoms with Gasteiger partial charge < -0.3 is 9.16 Å². The normalized spacial score (nSPS) is 19.4. The molecule has 1 aliphatic heterocycles. The van der Waals surface area contributed by atoms with E-state index in [0.29, 0.717) is 43.8 Å². The number of benzene rings is 1. The molecule has 4 nitrogen and oxygen atoms in total. The summed E-state index contributed by atoms with van der Waals surface area (Å²) < 4.78 is 45.3. The SMILES string of the molecule is CC(C)(C)S(=O)N=C(CC1(O[Si](C)(C)C(C)(C)C)CCOCC1)c1cc(Br)ccc1F. The van der Waals surface area contributed by atoms with E-state index < -0.39 is 29.7 Å². The van der Waals surface area contributed by atoms with Crippen LogP contribution in [0.15, 0.2) is 27.1 Å². The van der Waals surface area contributed by atoms with Gasteiger partial charge in [0, 0.05) is 29.7 Å². The van der Waals surface area contributed by atoms with Gasteiger partial charge in [0.25, 0.3) is 0 Å². The smallest absolute Gasteiger partial charge is 0.192 e. The first kappa shape index (κ1) is 26.8. The molecule has 0 N–H and O–H groups in total. The van der Waals surface area contributed by atoms with E-state index in [4.69, 9.17) is 9.16 Å². The monoisotopic (exact) mass is 533 g/mol. The predicted octanol–water partition coefficient (Wildman–Crippen LogP) is 6.80. The Kier molecular flexibility index (Phi) is 8.51. The van der Waals surface area contributed by atoms with Crippen molar-refractivity contribution in [2.24, 2.45) is 4.40 Å². The molecule has 0 spiro atoms. The molecule has 1 aliphatic rings. The zero-order valence-electron chi connectivity index (χ0n) is 20.1. The molecule has 1 unspecified atom stereocenters. The number of halogens is 2. The topological polar surface area (TPSA) is 47.9 Å². The van der Waals surface area contributed by atoms with Gasteiger partial charge >= 0.3 is 0 Å². The van der Waals surface area contributed by atoms with Crippen molar-refractivity contribution < 1.29 is 17.8 Å². The highest BCUT2D eigenvalue weighted by molar-refractivity contribution is 9.10. The summed E-state index contributed by atoms with van der Waals surface area (Å²) in [6.45, 7) is 17.9. The molecule has 176 valence electrons. The fourth-order valence-electron chi connectivity index (χ4n) is 3.19. The van der Waals surface area contributed by atoms with Crippen LogP contribution < -0.4 is 0 Å². The average Bonchev–Trinajstić information content (AvgIpc) is 2.61. The summed E-state index contributed by atoms with van der Waals surface area (Å²) >= 11 is 3.44. The average molecular weight is 535 g/mol. The fraction of sp³-hybridized carbons (Fsp3) is 0.696. The van der Waals surface area contributed by atoms with Crippen LogP contribution in [0.2, 0.25) is 18.1 Å². The lowest BCUT2D eigenvalue weighted by atomic mass is 9.86. The van der Waals surface area contributed by atoms with E-state index in [1.807, 2.05) is 20.8 Å². The minimum atomic E-state index is -2.12. The third kappa shape index (κ3) is 7.03. The number of rotatable bonds is 6. The van der Waals surface area contributed by atoms with Crippen LogP contribution in [0.1, 0.15) is 66.4 Å². The van der Waals surface area contributed by atoms with E-state index in [9.17, 15) is 8.60 Å². The van der Waals surface area contributed by atoms with Gasteiger partial charge in [-0.25, -0.2) is 8.60 Å². The van der Waals surface area contributed by atoms with Crippen LogP contribution in [0.3, 0.4) is 0 Å². The molecule has 8 heteroatoms. The van der Waals surface area contributed by atoms with Crippen LogP contribution >= 0.6 is 15.9 Å². The van der Waals surface area contributed by atoms with E-state index in [-0.39, 0.29) is 10.9 Å². The summed E-state index contributed by atoms with van der Waals surface area (Å²) in [6.07, 6.45) is 1.81. The number of hydrogen-bond donors (Lipinski definition) is 0. The highest BCUT2D eigenvalue weighted by atomic mass is 79.9. The molecule has 0 aromatic heterocycles. The van der Waals surface area contributed by atoms with Crippen molar-refractivity contribution in [3.05, 3.63) is 34.1 Å². The van der Waals surface area contributed by atoms with Gasteiger partial charge in [0.15, 0.2) is 8.32 Å². The van der Waals surface area contributed by atoms with E-state index in [1.165, 1.54) is 6.07 Å². The van der Waals surface area contributed by atoms with Crippen molar-refractivity contribution in [3.8, 4) is 0 Å². The van der Waals surface area contributed by atoms with Gasteiger partial charge in [-0.3, -0.25) is 0 Å². The lowest BCUT2D eigenvalue weighted by Gasteiger charge is -2.47. The van der Waals surface area contributed by atoms with Crippen molar-refractivity contribution in [2.45, 2.75) is 89.3 Å². The van der Waals surface area contributed by atoms with E-state index in [0.717, 1.165) is 4.47 Å². The minimum absolute atomic E-state index is 0.0326. The van der Waals surface area contributed by atoms with Crippen molar-refractivity contribution >= 4 is 40.9 Å². The van der Waals surface area contributed by atoms with E-state index in [2.05, 4.69) is 54.2 Å². The molecular weight excluding hydrogens is 497 g/mol. The highest BCUT2D eigenvalue weighted by Crippen LogP contribution is 2.43. The molecule has 1 fully saturated rings. The standard InChI is InChI=1S/C23H37BrFNO3SSi/c1-21(2,3)30(27)26-20(18-15-17(24)9-10-19(18)25)16-23(11-13-28-14-12-23)29-31(7,8)22(4,5)6/h9-10,15H,11-14,16H2,1-8H3. The molecule has 0 amide bonds. The van der Waals surface area contributed by atoms with Gasteiger partial charge in [0.05, 0.1) is 16.1 Å². The molecule has 31 heavy (non-hydrogen) atoms. The Balaban J connectivity index is 2.57. The molecule has 0 aliphatic carbocycles. The third-order valence-electron chi connectivity index (χ3n) is 6.13. The van der Waals surface area contributed by atoms with Crippen molar-refractivity contribution in [1.82, 2.24) is 0 Å². The molecule has 1 aromatic carbocycles. The summed E-state index contributed by atoms with van der Waals surface area (Å²) in [5.74, 6) is -0.373. The number of hydrogen-bond acceptors (Lipinski definition) is 3. The van der Waals surface area contributed by atoms with Crippen LogP contribution in [0.5, 0.6) is 0 Å². The first-order valence-electron chi connectivity index (χ1n) is 10.8. The summed E-state index contributed by atoms with van der Waals surface area (Å²) in [5.41, 5.74) is 0.348. The van der Waals surface area contributed by atoms with Crippen molar-refractivity contribution in [3.63, 3.8) is 0 Å². The lowest BCUT2D eigenvalue weighted by Crippen LogP contribution is -2.53. The third-order valence-corrected chi connectivity index (χ3v) is 12.6. The second-order valence-corrected chi connectivity index (χ2v) is 18.4. The molecule has 0 radical (unpaired) electrons. The van der Waals surface area contributed by atoms with Gasteiger partial charge in [-0.15, -0.1) is 0 Å². The molecule has 0 saturated carbocycles. The quantitative estimate of drug-likeness (QED) is 0.298. The largest absolute Gasteiger partial charge is 0.411 e. The minimum Gasteiger partial charge on any atom is -0.411 e. The zero-order valence-corrected chi connectivity index (χ0v) is 23.5. The molecule has 0 bridgehead atoms. The van der Waals surface area contributed by atoms with Crippen LogP contribution in [0.25, 0.3) is 0 Å². The highest BCUT2D eigenvalue weighted by Gasteiger charge is 2.46. The Labute approximate surface area is 199 Å². The maximum Gasteiger partial charge on any atom is 0.192 e. The Morgan fingerprint density at radius 3 is 2.32 bits per heavy atom. The molecule has 1 aromatic rings. The van der Waals surface area contributed by atoms with Crippen LogP contribution in [0, 0.1) is 5.82 Å². The van der Waals surface area contributed by atoms with Crippen molar-refractivity contribution in [1.29, 1.82) is 0 Å². The van der Waals surface area contributed by atoms with Crippen LogP contribution in [0.4, 0.5) is 4.39 Å². The number of nitrogens with zero attached hydrogens (tertiary/aromatic N) is 1. The van der Waals surface area contributed by atoms with Gasteiger partial charge in [-0.05, 0) is 69.9 Å². The predicted molar refractivity (Wildman–Crippen MR) is 134 cm³/mol. The van der Waals surface area contributed by atoms with E-state index >= 15 is 0 Å². The molecule has 1 saturated heterocycles. The Hall–Kier alpha value is -0.413. The molecule has 2 rings (SSSR count). The Morgan fingerprint density at radius 1 is 1.23 bits per heavy atom. The maximum absolute atomic E-state index is 14.9. The van der Waals surface area contributed by atoms with Crippen LogP contribution in [-0.4, -0.2) is 41.8 Å². The molecule has 1 atom stereocenters. The second kappa shape index (κ2) is 9.83. The second-order valence-electron chi connectivity index (χ2n) is 10.9. The van der Waals surface area contributed by atoms with E-state index in [1.54, 1.807) is 12.1 Å². The maximum atomic E-state index is 14.9. The summed E-state index contributed by atoms with van der Waals surface area (Å²) in [6, 6.07) is 4.79. The lowest BCUT2D eigenvalue weighted by molar-refractivity contribution is -0.0492. The van der Waals surface area contributed by atoms with Gasteiger partial charge in [-0.1, -0.05) is 36.7 Å². The zero-order chi connectivity index (χ0) is 23.7. The first-order valence-corrected chi connectivity index (χ1v) is 15.6. The van der Waals surface area contributed by atoms with Gasteiger partial charge in [0.1, 0.15) is 16.8 Å². The van der Waals surface area contributed by atoms with Gasteiger partial charge in [0.2, 0.25) is 0 Å². The van der Waals surface area contributed by atoms with Gasteiger partial charge in [-0.2, -0.15) is 4.40 Å². The summed E-state index contributed by atoms with van der Waals surface area (Å²) in [5, 5.41) is 0.0326. The summed E-state index contributed by atoms with van der Waals surface area (Å²) in [7, 11) is -3.64. The van der Waals surface area contributed by atoms with Crippen LogP contribution in [-0.2, 0) is 20.1 Å². The Bertz CT molecular complexity index is 840. The fourth-order valence-corrected chi connectivity index (χ4v) is 5.85. The first-order chi connectivity index (χ1) is 14.1. The molecule has 1 heterocycles. The Morgan fingerprint density at radius 2 is 1.81 bits per heavy atom. The molecular formula is C23H37BrFNO3SSi. The summed E-state index contributed by atoms with van der Waals surface area (Å²) in [4.78, 5) is 0.